The highest BCUT2D eigenvalue weighted by atomic mass is 32.2. The van der Waals surface area contributed by atoms with Crippen molar-refractivity contribution < 1.29 is 8.42 Å². The summed E-state index contributed by atoms with van der Waals surface area (Å²) in [6, 6.07) is 0. The van der Waals surface area contributed by atoms with Gasteiger partial charge in [-0.25, -0.2) is 13.4 Å². The minimum Gasteiger partial charge on any atom is -0.375 e. The first-order valence-electron chi connectivity index (χ1n) is 8.82. The minimum absolute atomic E-state index is 0.208. The van der Waals surface area contributed by atoms with Crippen LogP contribution in [0.25, 0.3) is 11.3 Å². The van der Waals surface area contributed by atoms with E-state index in [1.54, 1.807) is 18.3 Å². The molecule has 10 heteroatoms. The molecule has 3 N–H and O–H groups in total. The zero-order valence-corrected chi connectivity index (χ0v) is 16.9. The van der Waals surface area contributed by atoms with Crippen molar-refractivity contribution >= 4 is 32.1 Å². The molecule has 2 aromatic rings. The number of aromatic nitrogens is 3. The molecule has 0 radical (unpaired) electrons. The number of anilines is 2. The highest BCUT2D eigenvalue weighted by molar-refractivity contribution is 7.91. The average molecular weight is 399 g/mol. The lowest BCUT2D eigenvalue weighted by Crippen LogP contribution is -2.32. The first-order valence-corrected chi connectivity index (χ1v) is 11.5. The Balaban J connectivity index is 1.56. The van der Waals surface area contributed by atoms with Crippen molar-refractivity contribution in [1.82, 2.24) is 20.1 Å². The van der Waals surface area contributed by atoms with Gasteiger partial charge >= 0.3 is 0 Å². The van der Waals surface area contributed by atoms with Gasteiger partial charge in [0.1, 0.15) is 5.82 Å². The Labute approximate surface area is 158 Å². The standard InChI is InChI=1S/C16H26N6O2S2/c1-3-26(23,24)10-9-21(2)6-4-7-22-8-5-13-14(19-16(17)25-13)12-11-18-20-15(12)22/h11H,3-10H2,1-2H3,(H2,17,19)(H,18,20). The molecular formula is C16H26N6O2S2. The molecule has 0 fully saturated rings. The largest absolute Gasteiger partial charge is 0.375 e. The monoisotopic (exact) mass is 398 g/mol. The number of hydrogen-bond donors (Lipinski definition) is 2. The quantitative estimate of drug-likeness (QED) is 0.688. The number of fused-ring (bicyclic) bond motifs is 3. The highest BCUT2D eigenvalue weighted by Gasteiger charge is 2.24. The van der Waals surface area contributed by atoms with E-state index in [1.165, 1.54) is 4.88 Å². The SMILES string of the molecule is CCS(=O)(=O)CCN(C)CCCN1CCc2sc(N)nc2-c2cn[nH]c21. The molecule has 2 aromatic heterocycles. The van der Waals surface area contributed by atoms with Crippen LogP contribution in [-0.4, -0.2) is 73.2 Å². The van der Waals surface area contributed by atoms with Gasteiger partial charge in [-0.1, -0.05) is 6.92 Å². The molecule has 3 rings (SSSR count). The number of H-pyrrole nitrogens is 1. The molecule has 0 saturated heterocycles. The number of aromatic amines is 1. The van der Waals surface area contributed by atoms with Gasteiger partial charge in [0.2, 0.25) is 0 Å². The highest BCUT2D eigenvalue weighted by Crippen LogP contribution is 2.37. The van der Waals surface area contributed by atoms with Gasteiger partial charge in [0.15, 0.2) is 15.0 Å². The van der Waals surface area contributed by atoms with Crippen LogP contribution < -0.4 is 10.6 Å². The fourth-order valence-corrected chi connectivity index (χ4v) is 4.81. The smallest absolute Gasteiger partial charge is 0.180 e. The second-order valence-electron chi connectivity index (χ2n) is 6.59. The molecule has 26 heavy (non-hydrogen) atoms. The normalized spacial score (nSPS) is 14.3. The third-order valence-electron chi connectivity index (χ3n) is 4.70. The molecule has 0 spiro atoms. The predicted octanol–water partition coefficient (Wildman–Crippen LogP) is 1.23. The molecular weight excluding hydrogens is 372 g/mol. The summed E-state index contributed by atoms with van der Waals surface area (Å²) < 4.78 is 23.2. The van der Waals surface area contributed by atoms with Crippen LogP contribution in [0.4, 0.5) is 10.9 Å². The number of sulfone groups is 1. The molecule has 0 bridgehead atoms. The van der Waals surface area contributed by atoms with Crippen molar-refractivity contribution in [1.29, 1.82) is 0 Å². The van der Waals surface area contributed by atoms with Crippen molar-refractivity contribution in [2.24, 2.45) is 0 Å². The van der Waals surface area contributed by atoms with Gasteiger partial charge in [0.05, 0.1) is 23.2 Å². The topological polar surface area (TPSA) is 108 Å². The number of nitrogens with two attached hydrogens (primary N) is 1. The molecule has 0 aromatic carbocycles. The average Bonchev–Trinajstić information content (AvgIpc) is 3.20. The maximum absolute atomic E-state index is 11.6. The van der Waals surface area contributed by atoms with E-state index in [9.17, 15) is 8.42 Å². The third kappa shape index (κ3) is 4.36. The third-order valence-corrected chi connectivity index (χ3v) is 7.33. The van der Waals surface area contributed by atoms with Gasteiger partial charge in [-0.15, -0.1) is 11.3 Å². The fraction of sp³-hybridized carbons (Fsp3) is 0.625. The van der Waals surface area contributed by atoms with Gasteiger partial charge in [-0.2, -0.15) is 5.10 Å². The molecule has 1 aliphatic heterocycles. The summed E-state index contributed by atoms with van der Waals surface area (Å²) in [5, 5.41) is 7.88. The van der Waals surface area contributed by atoms with E-state index < -0.39 is 9.84 Å². The number of rotatable bonds is 8. The van der Waals surface area contributed by atoms with Gasteiger partial charge in [-0.3, -0.25) is 5.10 Å². The lowest BCUT2D eigenvalue weighted by atomic mass is 10.2. The van der Waals surface area contributed by atoms with Crippen LogP contribution in [0.3, 0.4) is 0 Å². The van der Waals surface area contributed by atoms with Crippen molar-refractivity contribution in [2.75, 3.05) is 55.4 Å². The van der Waals surface area contributed by atoms with E-state index in [-0.39, 0.29) is 11.5 Å². The summed E-state index contributed by atoms with van der Waals surface area (Å²) in [6.45, 7) is 4.89. The van der Waals surface area contributed by atoms with Gasteiger partial charge in [0.25, 0.3) is 0 Å². The molecule has 1 aliphatic rings. The summed E-state index contributed by atoms with van der Waals surface area (Å²) in [7, 11) is -0.935. The van der Waals surface area contributed by atoms with Crippen LogP contribution in [0.15, 0.2) is 6.20 Å². The van der Waals surface area contributed by atoms with E-state index in [4.69, 9.17) is 5.73 Å². The molecule has 144 valence electrons. The summed E-state index contributed by atoms with van der Waals surface area (Å²) in [5.41, 5.74) is 7.82. The fourth-order valence-electron chi connectivity index (χ4n) is 3.10. The second-order valence-corrected chi connectivity index (χ2v) is 10.2. The Kier molecular flexibility index (Phi) is 5.83. The molecule has 0 aliphatic carbocycles. The van der Waals surface area contributed by atoms with Crippen molar-refractivity contribution in [3.63, 3.8) is 0 Å². The molecule has 0 saturated carbocycles. The Morgan fingerprint density at radius 3 is 3.00 bits per heavy atom. The summed E-state index contributed by atoms with van der Waals surface area (Å²) in [6.07, 6.45) is 3.68. The number of hydrogen-bond acceptors (Lipinski definition) is 8. The molecule has 3 heterocycles. The van der Waals surface area contributed by atoms with Crippen LogP contribution in [0, 0.1) is 0 Å². The van der Waals surface area contributed by atoms with E-state index >= 15 is 0 Å². The zero-order valence-electron chi connectivity index (χ0n) is 15.2. The van der Waals surface area contributed by atoms with E-state index in [1.807, 2.05) is 13.2 Å². The summed E-state index contributed by atoms with van der Waals surface area (Å²) in [5.74, 6) is 1.42. The van der Waals surface area contributed by atoms with Crippen LogP contribution in [-0.2, 0) is 16.3 Å². The maximum atomic E-state index is 11.6. The number of nitrogens with one attached hydrogen (secondary N) is 1. The molecule has 0 amide bonds. The van der Waals surface area contributed by atoms with Gasteiger partial charge < -0.3 is 15.5 Å². The van der Waals surface area contributed by atoms with Crippen LogP contribution >= 0.6 is 11.3 Å². The predicted molar refractivity (Wildman–Crippen MR) is 106 cm³/mol. The van der Waals surface area contributed by atoms with Gasteiger partial charge in [0, 0.05) is 36.7 Å². The van der Waals surface area contributed by atoms with E-state index in [0.717, 1.165) is 49.6 Å². The van der Waals surface area contributed by atoms with E-state index in [0.29, 0.717) is 11.7 Å². The number of nitrogens with zero attached hydrogens (tertiary/aromatic N) is 4. The number of thiazole rings is 1. The van der Waals surface area contributed by atoms with Crippen LogP contribution in [0.5, 0.6) is 0 Å². The lowest BCUT2D eigenvalue weighted by Gasteiger charge is -2.24. The summed E-state index contributed by atoms with van der Waals surface area (Å²) in [4.78, 5) is 10.0. The number of nitrogen functional groups attached to an aromatic ring is 1. The molecule has 0 atom stereocenters. The zero-order chi connectivity index (χ0) is 18.7. The van der Waals surface area contributed by atoms with Crippen molar-refractivity contribution in [3.8, 4) is 11.3 Å². The maximum Gasteiger partial charge on any atom is 0.180 e. The second kappa shape index (κ2) is 7.93. The Morgan fingerprint density at radius 1 is 1.42 bits per heavy atom. The first kappa shape index (κ1) is 19.1. The van der Waals surface area contributed by atoms with Crippen LogP contribution in [0.2, 0.25) is 0 Å². The van der Waals surface area contributed by atoms with Crippen molar-refractivity contribution in [3.05, 3.63) is 11.1 Å². The van der Waals surface area contributed by atoms with Gasteiger partial charge in [-0.05, 0) is 20.0 Å². The van der Waals surface area contributed by atoms with Crippen molar-refractivity contribution in [2.45, 2.75) is 19.8 Å². The molecule has 8 nitrogen and oxygen atoms in total. The Bertz CT molecular complexity index is 845. The minimum atomic E-state index is -2.91. The Morgan fingerprint density at radius 2 is 2.23 bits per heavy atom. The molecule has 0 unspecified atom stereocenters. The summed E-state index contributed by atoms with van der Waals surface area (Å²) >= 11 is 1.55. The van der Waals surface area contributed by atoms with Crippen LogP contribution in [0.1, 0.15) is 18.2 Å². The Hall–Kier alpha value is -1.65. The lowest BCUT2D eigenvalue weighted by molar-refractivity contribution is 0.348. The van der Waals surface area contributed by atoms with E-state index in [2.05, 4.69) is 25.0 Å². The first-order chi connectivity index (χ1) is 12.4.